The molecule has 1 heterocycles. The Morgan fingerprint density at radius 2 is 2.29 bits per heavy atom. The normalized spacial score (nSPS) is 14.4. The van der Waals surface area contributed by atoms with E-state index >= 15 is 0 Å². The number of carbonyl (C=O) groups is 2. The van der Waals surface area contributed by atoms with E-state index in [9.17, 15) is 9.59 Å². The highest BCUT2D eigenvalue weighted by Gasteiger charge is 2.24. The van der Waals surface area contributed by atoms with Gasteiger partial charge >= 0.3 is 0 Å². The van der Waals surface area contributed by atoms with Crippen LogP contribution in [0.15, 0.2) is 35.7 Å². The quantitative estimate of drug-likeness (QED) is 0.606. The Balaban J connectivity index is 2.37. The number of rotatable bonds is 4. The van der Waals surface area contributed by atoms with Gasteiger partial charge in [0.25, 0.3) is 0 Å². The van der Waals surface area contributed by atoms with E-state index in [0.717, 1.165) is 23.3 Å². The fourth-order valence-corrected chi connectivity index (χ4v) is 2.67. The molecule has 1 aliphatic rings. The minimum absolute atomic E-state index is 0.0902. The van der Waals surface area contributed by atoms with E-state index in [2.05, 4.69) is 6.58 Å². The van der Waals surface area contributed by atoms with Crippen LogP contribution in [0, 0.1) is 0 Å². The third-order valence-electron chi connectivity index (χ3n) is 2.62. The average Bonchev–Trinajstić information content (AvgIpc) is 2.37. The van der Waals surface area contributed by atoms with Crippen LogP contribution in [-0.4, -0.2) is 24.5 Å². The summed E-state index contributed by atoms with van der Waals surface area (Å²) in [5.41, 5.74) is 1.44. The molecule has 1 aromatic rings. The Morgan fingerprint density at radius 3 is 3.00 bits per heavy atom. The Kier molecular flexibility index (Phi) is 3.64. The van der Waals surface area contributed by atoms with E-state index in [0.29, 0.717) is 17.9 Å². The van der Waals surface area contributed by atoms with Crippen molar-refractivity contribution in [3.8, 4) is 0 Å². The molecule has 0 saturated carbocycles. The van der Waals surface area contributed by atoms with Crippen LogP contribution in [0.2, 0.25) is 0 Å². The van der Waals surface area contributed by atoms with Gasteiger partial charge in [-0.25, -0.2) is 0 Å². The summed E-state index contributed by atoms with van der Waals surface area (Å²) in [6, 6.07) is 5.45. The lowest BCUT2D eigenvalue weighted by Gasteiger charge is -2.28. The van der Waals surface area contributed by atoms with Crippen molar-refractivity contribution in [3.63, 3.8) is 0 Å². The smallest absolute Gasteiger partial charge is 0.237 e. The van der Waals surface area contributed by atoms with Gasteiger partial charge in [-0.15, -0.1) is 18.3 Å². The number of amides is 1. The van der Waals surface area contributed by atoms with Crippen LogP contribution in [0.25, 0.3) is 0 Å². The van der Waals surface area contributed by atoms with Gasteiger partial charge in [0.05, 0.1) is 11.4 Å². The van der Waals surface area contributed by atoms with Gasteiger partial charge in [-0.1, -0.05) is 12.1 Å². The second kappa shape index (κ2) is 5.19. The molecule has 0 radical (unpaired) electrons. The van der Waals surface area contributed by atoms with Crippen LogP contribution in [0.4, 0.5) is 5.69 Å². The van der Waals surface area contributed by atoms with Gasteiger partial charge in [-0.3, -0.25) is 9.59 Å². The maximum absolute atomic E-state index is 11.8. The van der Waals surface area contributed by atoms with Crippen LogP contribution in [0.1, 0.15) is 16.8 Å². The molecule has 0 aliphatic carbocycles. The van der Waals surface area contributed by atoms with E-state index in [1.807, 2.05) is 6.07 Å². The summed E-state index contributed by atoms with van der Waals surface area (Å²) >= 11 is 1.52. The van der Waals surface area contributed by atoms with Crippen molar-refractivity contribution in [1.82, 2.24) is 0 Å². The van der Waals surface area contributed by atoms with Crippen LogP contribution in [0.5, 0.6) is 0 Å². The summed E-state index contributed by atoms with van der Waals surface area (Å²) in [5.74, 6) is 0.553. The van der Waals surface area contributed by atoms with E-state index in [-0.39, 0.29) is 5.91 Å². The van der Waals surface area contributed by atoms with Crippen molar-refractivity contribution in [2.45, 2.75) is 11.3 Å². The van der Waals surface area contributed by atoms with E-state index in [1.54, 1.807) is 23.1 Å². The molecule has 0 unspecified atom stereocenters. The molecule has 0 spiro atoms. The van der Waals surface area contributed by atoms with E-state index in [1.165, 1.54) is 11.8 Å². The first kappa shape index (κ1) is 11.9. The second-order valence-electron chi connectivity index (χ2n) is 3.76. The lowest BCUT2D eigenvalue weighted by Crippen LogP contribution is -2.36. The number of fused-ring (bicyclic) bond motifs is 1. The standard InChI is InChI=1S/C13H13NO2S/c1-2-3-6-14-11-7-10(8-15)4-5-12(11)17-9-13(14)16/h2,4-5,7-8H,1,3,6,9H2. The number of anilines is 1. The summed E-state index contributed by atoms with van der Waals surface area (Å²) in [7, 11) is 0. The van der Waals surface area contributed by atoms with Crippen molar-refractivity contribution < 1.29 is 9.59 Å². The van der Waals surface area contributed by atoms with Gasteiger partial charge in [-0.05, 0) is 18.6 Å². The van der Waals surface area contributed by atoms with Gasteiger partial charge < -0.3 is 4.90 Å². The van der Waals surface area contributed by atoms with Crippen molar-refractivity contribution >= 4 is 29.6 Å². The number of aldehydes is 1. The van der Waals surface area contributed by atoms with Crippen LogP contribution in [-0.2, 0) is 4.79 Å². The predicted molar refractivity (Wildman–Crippen MR) is 69.7 cm³/mol. The zero-order valence-corrected chi connectivity index (χ0v) is 10.2. The summed E-state index contributed by atoms with van der Waals surface area (Å²) in [6.45, 7) is 4.28. The first-order chi connectivity index (χ1) is 8.26. The molecule has 0 atom stereocenters. The Hall–Kier alpha value is -1.55. The summed E-state index contributed by atoms with van der Waals surface area (Å²) in [5, 5.41) is 0. The summed E-state index contributed by atoms with van der Waals surface area (Å²) in [4.78, 5) is 25.4. The first-order valence-electron chi connectivity index (χ1n) is 5.39. The highest BCUT2D eigenvalue weighted by molar-refractivity contribution is 8.00. The fraction of sp³-hybridized carbons (Fsp3) is 0.231. The molecule has 17 heavy (non-hydrogen) atoms. The molecule has 2 rings (SSSR count). The molecule has 1 amide bonds. The molecule has 4 heteroatoms. The molecular formula is C13H13NO2S. The van der Waals surface area contributed by atoms with Gasteiger partial charge in [0.1, 0.15) is 6.29 Å². The molecule has 0 aromatic heterocycles. The van der Waals surface area contributed by atoms with Crippen molar-refractivity contribution in [3.05, 3.63) is 36.4 Å². The molecule has 3 nitrogen and oxygen atoms in total. The van der Waals surface area contributed by atoms with Crippen molar-refractivity contribution in [1.29, 1.82) is 0 Å². The number of nitrogens with zero attached hydrogens (tertiary/aromatic N) is 1. The molecule has 0 bridgehead atoms. The minimum Gasteiger partial charge on any atom is -0.310 e. The van der Waals surface area contributed by atoms with Gasteiger partial charge in [0.15, 0.2) is 0 Å². The first-order valence-corrected chi connectivity index (χ1v) is 6.38. The largest absolute Gasteiger partial charge is 0.310 e. The maximum Gasteiger partial charge on any atom is 0.237 e. The van der Waals surface area contributed by atoms with E-state index in [4.69, 9.17) is 0 Å². The lowest BCUT2D eigenvalue weighted by molar-refractivity contribution is -0.116. The number of thioether (sulfide) groups is 1. The SMILES string of the molecule is C=CCCN1C(=O)CSc2ccc(C=O)cc21. The Labute approximate surface area is 104 Å². The summed E-state index contributed by atoms with van der Waals surface area (Å²) < 4.78 is 0. The average molecular weight is 247 g/mol. The predicted octanol–water partition coefficient (Wildman–Crippen LogP) is 2.51. The van der Waals surface area contributed by atoms with Gasteiger partial charge in [0, 0.05) is 17.0 Å². The zero-order chi connectivity index (χ0) is 12.3. The van der Waals surface area contributed by atoms with E-state index < -0.39 is 0 Å². The topological polar surface area (TPSA) is 37.4 Å². The molecule has 0 N–H and O–H groups in total. The fourth-order valence-electron chi connectivity index (χ4n) is 1.76. The minimum atomic E-state index is 0.0902. The van der Waals surface area contributed by atoms with Crippen molar-refractivity contribution in [2.75, 3.05) is 17.2 Å². The molecule has 0 saturated heterocycles. The van der Waals surface area contributed by atoms with Crippen LogP contribution in [0.3, 0.4) is 0 Å². The molecular weight excluding hydrogens is 234 g/mol. The highest BCUT2D eigenvalue weighted by atomic mass is 32.2. The van der Waals surface area contributed by atoms with Crippen LogP contribution < -0.4 is 4.90 Å². The monoisotopic (exact) mass is 247 g/mol. The maximum atomic E-state index is 11.8. The third-order valence-corrected chi connectivity index (χ3v) is 3.67. The molecule has 88 valence electrons. The Morgan fingerprint density at radius 1 is 1.47 bits per heavy atom. The number of hydrogen-bond donors (Lipinski definition) is 0. The molecule has 1 aliphatic heterocycles. The van der Waals surface area contributed by atoms with Gasteiger partial charge in [-0.2, -0.15) is 0 Å². The number of hydrogen-bond acceptors (Lipinski definition) is 3. The van der Waals surface area contributed by atoms with Crippen molar-refractivity contribution in [2.24, 2.45) is 0 Å². The number of benzene rings is 1. The Bertz CT molecular complexity index is 470. The lowest BCUT2D eigenvalue weighted by atomic mass is 10.2. The second-order valence-corrected chi connectivity index (χ2v) is 4.77. The third kappa shape index (κ3) is 2.42. The highest BCUT2D eigenvalue weighted by Crippen LogP contribution is 2.35. The molecule has 0 fully saturated rings. The van der Waals surface area contributed by atoms with Gasteiger partial charge in [0.2, 0.25) is 5.91 Å². The van der Waals surface area contributed by atoms with Crippen LogP contribution >= 0.6 is 11.8 Å². The number of carbonyl (C=O) groups excluding carboxylic acids is 2. The molecule has 1 aromatic carbocycles. The summed E-state index contributed by atoms with van der Waals surface area (Å²) in [6.07, 6.45) is 3.34. The zero-order valence-electron chi connectivity index (χ0n) is 9.39.